The molecule has 0 saturated heterocycles. The molecule has 0 unspecified atom stereocenters. The average molecular weight is 318 g/mol. The number of rotatable bonds is 2. The largest absolute Gasteiger partial charge is 0.288 e. The molecule has 2 aromatic carbocycles. The molecule has 0 spiro atoms. The van der Waals surface area contributed by atoms with E-state index in [0.29, 0.717) is 5.56 Å². The Morgan fingerprint density at radius 3 is 2.71 bits per heavy atom. The third kappa shape index (κ3) is 2.21. The van der Waals surface area contributed by atoms with Crippen molar-refractivity contribution >= 4 is 27.7 Å². The van der Waals surface area contributed by atoms with Crippen LogP contribution in [0.3, 0.4) is 0 Å². The van der Waals surface area contributed by atoms with E-state index in [4.69, 9.17) is 10.2 Å². The molecule has 2 aromatic heterocycles. The number of hydroxylamine groups is 1. The number of aromatic amines is 1. The maximum atomic E-state index is 11.4. The quantitative estimate of drug-likeness (QED) is 0.391. The predicted octanol–water partition coefficient (Wildman–Crippen LogP) is 3.21. The molecule has 0 aliphatic rings. The van der Waals surface area contributed by atoms with Crippen molar-refractivity contribution in [3.05, 3.63) is 59.8 Å². The number of carbonyl (C=O) groups excluding carboxylic acids is 1. The number of H-pyrrole nitrogens is 1. The van der Waals surface area contributed by atoms with Gasteiger partial charge in [0, 0.05) is 21.9 Å². The molecule has 3 N–H and O–H groups in total. The smallest absolute Gasteiger partial charge is 0.274 e. The average Bonchev–Trinajstić information content (AvgIpc) is 3.09. The number of aryl methyl sites for hydroxylation is 1. The van der Waals surface area contributed by atoms with Crippen LogP contribution in [-0.2, 0) is 0 Å². The van der Waals surface area contributed by atoms with Crippen molar-refractivity contribution in [3.63, 3.8) is 0 Å². The van der Waals surface area contributed by atoms with Crippen LogP contribution in [0.5, 0.6) is 0 Å². The van der Waals surface area contributed by atoms with Gasteiger partial charge in [-0.15, -0.1) is 0 Å². The summed E-state index contributed by atoms with van der Waals surface area (Å²) in [5.41, 5.74) is 6.74. The third-order valence-corrected chi connectivity index (χ3v) is 4.14. The fourth-order valence-electron chi connectivity index (χ4n) is 2.96. The maximum Gasteiger partial charge on any atom is 0.274 e. The number of carbonyl (C=O) groups is 1. The lowest BCUT2D eigenvalue weighted by Crippen LogP contribution is -2.18. The van der Waals surface area contributed by atoms with Gasteiger partial charge in [-0.3, -0.25) is 15.1 Å². The number of amides is 1. The summed E-state index contributed by atoms with van der Waals surface area (Å²) < 4.78 is 0. The van der Waals surface area contributed by atoms with Gasteiger partial charge in [0.1, 0.15) is 0 Å². The van der Waals surface area contributed by atoms with E-state index in [0.717, 1.165) is 38.6 Å². The minimum Gasteiger partial charge on any atom is -0.288 e. The summed E-state index contributed by atoms with van der Waals surface area (Å²) in [6, 6.07) is 12.9. The van der Waals surface area contributed by atoms with E-state index in [-0.39, 0.29) is 0 Å². The SMILES string of the molecule is Cc1cc(-c2ccc(C(=O)NO)cc2)nc2ccc3[nH]ncc3c12. The number of benzene rings is 2. The van der Waals surface area contributed by atoms with Gasteiger partial charge in [0.05, 0.1) is 22.9 Å². The second-order valence-electron chi connectivity index (χ2n) is 5.63. The van der Waals surface area contributed by atoms with Crippen LogP contribution in [0, 0.1) is 6.92 Å². The lowest BCUT2D eigenvalue weighted by atomic mass is 10.0. The van der Waals surface area contributed by atoms with Crippen molar-refractivity contribution < 1.29 is 10.0 Å². The van der Waals surface area contributed by atoms with Gasteiger partial charge in [-0.2, -0.15) is 5.10 Å². The normalized spacial score (nSPS) is 11.1. The Balaban J connectivity index is 1.85. The van der Waals surface area contributed by atoms with Gasteiger partial charge in [-0.1, -0.05) is 12.1 Å². The third-order valence-electron chi connectivity index (χ3n) is 4.14. The van der Waals surface area contributed by atoms with Gasteiger partial charge < -0.3 is 0 Å². The Bertz CT molecular complexity index is 1070. The van der Waals surface area contributed by atoms with E-state index in [1.54, 1.807) is 17.6 Å². The molecule has 4 aromatic rings. The van der Waals surface area contributed by atoms with Gasteiger partial charge >= 0.3 is 0 Å². The molecule has 118 valence electrons. The van der Waals surface area contributed by atoms with Gasteiger partial charge in [0.2, 0.25) is 0 Å². The van der Waals surface area contributed by atoms with E-state index in [2.05, 4.69) is 10.2 Å². The van der Waals surface area contributed by atoms with E-state index in [1.165, 1.54) is 0 Å². The number of pyridine rings is 1. The lowest BCUT2D eigenvalue weighted by Gasteiger charge is -2.08. The summed E-state index contributed by atoms with van der Waals surface area (Å²) in [4.78, 5) is 16.1. The monoisotopic (exact) mass is 318 g/mol. The molecular weight excluding hydrogens is 304 g/mol. The highest BCUT2D eigenvalue weighted by molar-refractivity contribution is 6.06. The number of nitrogens with one attached hydrogen (secondary N) is 2. The molecule has 24 heavy (non-hydrogen) atoms. The number of aromatic nitrogens is 3. The molecule has 6 nitrogen and oxygen atoms in total. The second-order valence-corrected chi connectivity index (χ2v) is 5.63. The van der Waals surface area contributed by atoms with Crippen LogP contribution in [0.2, 0.25) is 0 Å². The summed E-state index contributed by atoms with van der Waals surface area (Å²) >= 11 is 0. The summed E-state index contributed by atoms with van der Waals surface area (Å²) in [5, 5.41) is 17.9. The van der Waals surface area contributed by atoms with E-state index >= 15 is 0 Å². The topological polar surface area (TPSA) is 90.9 Å². The molecule has 0 aliphatic heterocycles. The Kier molecular flexibility index (Phi) is 3.25. The van der Waals surface area contributed by atoms with E-state index in [1.807, 2.05) is 43.5 Å². The molecule has 0 aliphatic carbocycles. The van der Waals surface area contributed by atoms with Crippen LogP contribution in [0.15, 0.2) is 48.7 Å². The molecule has 0 fully saturated rings. The molecule has 0 radical (unpaired) electrons. The zero-order chi connectivity index (χ0) is 16.7. The molecule has 0 atom stereocenters. The first kappa shape index (κ1) is 14.3. The Labute approximate surface area is 137 Å². The zero-order valence-electron chi connectivity index (χ0n) is 12.9. The fraction of sp³-hybridized carbons (Fsp3) is 0.0556. The Morgan fingerprint density at radius 2 is 1.96 bits per heavy atom. The second kappa shape index (κ2) is 5.43. The van der Waals surface area contributed by atoms with Gasteiger partial charge in [0.25, 0.3) is 5.91 Å². The van der Waals surface area contributed by atoms with E-state index < -0.39 is 5.91 Å². The first-order chi connectivity index (χ1) is 11.7. The van der Waals surface area contributed by atoms with Crippen molar-refractivity contribution in [3.8, 4) is 11.3 Å². The summed E-state index contributed by atoms with van der Waals surface area (Å²) in [6.45, 7) is 2.05. The van der Waals surface area contributed by atoms with Crippen molar-refractivity contribution in [2.24, 2.45) is 0 Å². The first-order valence-corrected chi connectivity index (χ1v) is 7.45. The highest BCUT2D eigenvalue weighted by atomic mass is 16.5. The standard InChI is InChI=1S/C18H14N4O2/c1-10-8-16(11-2-4-12(5-3-11)18(23)22-24)20-15-7-6-14-13(17(10)15)9-19-21-14/h2-9,24H,1H3,(H,19,21)(H,22,23). The first-order valence-electron chi connectivity index (χ1n) is 7.45. The zero-order valence-corrected chi connectivity index (χ0v) is 12.9. The van der Waals surface area contributed by atoms with Gasteiger partial charge in [-0.25, -0.2) is 10.5 Å². The minimum absolute atomic E-state index is 0.388. The highest BCUT2D eigenvalue weighted by Crippen LogP contribution is 2.29. The van der Waals surface area contributed by atoms with Gasteiger partial charge in [-0.05, 0) is 42.8 Å². The number of nitrogens with zero attached hydrogens (tertiary/aromatic N) is 2. The van der Waals surface area contributed by atoms with Crippen molar-refractivity contribution in [2.75, 3.05) is 0 Å². The molecule has 6 heteroatoms. The van der Waals surface area contributed by atoms with Gasteiger partial charge in [0.15, 0.2) is 0 Å². The van der Waals surface area contributed by atoms with Crippen LogP contribution in [0.25, 0.3) is 33.1 Å². The van der Waals surface area contributed by atoms with Crippen molar-refractivity contribution in [1.82, 2.24) is 20.7 Å². The molecule has 2 heterocycles. The Morgan fingerprint density at radius 1 is 1.17 bits per heavy atom. The lowest BCUT2D eigenvalue weighted by molar-refractivity contribution is 0.0706. The van der Waals surface area contributed by atoms with Crippen LogP contribution >= 0.6 is 0 Å². The molecule has 1 amide bonds. The van der Waals surface area contributed by atoms with Crippen molar-refractivity contribution in [1.29, 1.82) is 0 Å². The highest BCUT2D eigenvalue weighted by Gasteiger charge is 2.10. The van der Waals surface area contributed by atoms with Crippen LogP contribution in [0.4, 0.5) is 0 Å². The molecule has 4 rings (SSSR count). The Hall–Kier alpha value is -3.25. The summed E-state index contributed by atoms with van der Waals surface area (Å²) in [5.74, 6) is -0.536. The molecule has 0 saturated carbocycles. The predicted molar refractivity (Wildman–Crippen MR) is 90.8 cm³/mol. The minimum atomic E-state index is -0.536. The summed E-state index contributed by atoms with van der Waals surface area (Å²) in [6.07, 6.45) is 1.81. The number of hydrogen-bond acceptors (Lipinski definition) is 4. The molecular formula is C18H14N4O2. The number of hydrogen-bond donors (Lipinski definition) is 3. The van der Waals surface area contributed by atoms with Crippen LogP contribution in [-0.4, -0.2) is 26.3 Å². The van der Waals surface area contributed by atoms with Crippen molar-refractivity contribution in [2.45, 2.75) is 6.92 Å². The fourth-order valence-corrected chi connectivity index (χ4v) is 2.96. The maximum absolute atomic E-state index is 11.4. The van der Waals surface area contributed by atoms with Crippen LogP contribution in [0.1, 0.15) is 15.9 Å². The summed E-state index contributed by atoms with van der Waals surface area (Å²) in [7, 11) is 0. The van der Waals surface area contributed by atoms with Crippen LogP contribution < -0.4 is 5.48 Å². The van der Waals surface area contributed by atoms with E-state index in [9.17, 15) is 4.79 Å². The number of fused-ring (bicyclic) bond motifs is 3. The molecule has 0 bridgehead atoms.